The van der Waals surface area contributed by atoms with Gasteiger partial charge in [-0.1, -0.05) is 28.1 Å². The molecule has 20 heavy (non-hydrogen) atoms. The van der Waals surface area contributed by atoms with Crippen LogP contribution in [0.25, 0.3) is 10.8 Å². The predicted octanol–water partition coefficient (Wildman–Crippen LogP) is 3.30. The molecule has 1 aromatic heterocycles. The Morgan fingerprint density at radius 1 is 1.25 bits per heavy atom. The van der Waals surface area contributed by atoms with Gasteiger partial charge in [-0.05, 0) is 25.0 Å². The minimum Gasteiger partial charge on any atom is -0.481 e. The highest BCUT2D eigenvalue weighted by Gasteiger charge is 2.25. The molecule has 1 N–H and O–H groups in total. The lowest BCUT2D eigenvalue weighted by Crippen LogP contribution is -2.36. The van der Waals surface area contributed by atoms with Crippen LogP contribution in [0.1, 0.15) is 12.8 Å². The number of carboxylic acid groups (broad SMARTS) is 1. The summed E-state index contributed by atoms with van der Waals surface area (Å²) in [6, 6.07) is 8.07. The van der Waals surface area contributed by atoms with E-state index in [0.29, 0.717) is 12.8 Å². The standard InChI is InChI=1S/C15H15BrN2O2/c16-13-3-1-2-12-11(13)4-7-17-14(12)18-8-5-10(6-9-18)15(19)20/h1-4,7,10H,5-6,8-9H2,(H,19,20). The van der Waals surface area contributed by atoms with Crippen molar-refractivity contribution in [1.82, 2.24) is 4.98 Å². The van der Waals surface area contributed by atoms with Gasteiger partial charge in [-0.25, -0.2) is 4.98 Å². The highest BCUT2D eigenvalue weighted by molar-refractivity contribution is 9.10. The Bertz CT molecular complexity index is 651. The number of nitrogens with zero attached hydrogens (tertiary/aromatic N) is 2. The monoisotopic (exact) mass is 334 g/mol. The van der Waals surface area contributed by atoms with Crippen molar-refractivity contribution in [2.24, 2.45) is 5.92 Å². The van der Waals surface area contributed by atoms with Crippen molar-refractivity contribution in [3.05, 3.63) is 34.9 Å². The van der Waals surface area contributed by atoms with Gasteiger partial charge in [0.1, 0.15) is 5.82 Å². The lowest BCUT2D eigenvalue weighted by Gasteiger charge is -2.31. The number of aliphatic carboxylic acids is 1. The van der Waals surface area contributed by atoms with Crippen LogP contribution in [0, 0.1) is 5.92 Å². The van der Waals surface area contributed by atoms with Gasteiger partial charge in [0.05, 0.1) is 5.92 Å². The maximum Gasteiger partial charge on any atom is 0.306 e. The summed E-state index contributed by atoms with van der Waals surface area (Å²) >= 11 is 3.56. The number of anilines is 1. The van der Waals surface area contributed by atoms with E-state index in [1.54, 1.807) is 0 Å². The Labute approximate surface area is 125 Å². The molecule has 0 unspecified atom stereocenters. The van der Waals surface area contributed by atoms with Crippen molar-refractivity contribution in [3.8, 4) is 0 Å². The van der Waals surface area contributed by atoms with Crippen LogP contribution in [0.4, 0.5) is 5.82 Å². The topological polar surface area (TPSA) is 53.4 Å². The van der Waals surface area contributed by atoms with E-state index >= 15 is 0 Å². The summed E-state index contributed by atoms with van der Waals surface area (Å²) in [7, 11) is 0. The van der Waals surface area contributed by atoms with E-state index in [1.165, 1.54) is 0 Å². The minimum atomic E-state index is -0.682. The highest BCUT2D eigenvalue weighted by Crippen LogP contribution is 2.31. The molecule has 104 valence electrons. The molecule has 5 heteroatoms. The van der Waals surface area contributed by atoms with Gasteiger partial charge < -0.3 is 10.0 Å². The molecule has 0 spiro atoms. The summed E-state index contributed by atoms with van der Waals surface area (Å²) in [5.41, 5.74) is 0. The molecular formula is C15H15BrN2O2. The fourth-order valence-electron chi connectivity index (χ4n) is 2.74. The zero-order chi connectivity index (χ0) is 14.1. The van der Waals surface area contributed by atoms with E-state index in [2.05, 4.69) is 31.9 Å². The van der Waals surface area contributed by atoms with Crippen molar-refractivity contribution < 1.29 is 9.90 Å². The number of aromatic nitrogens is 1. The number of piperidine rings is 1. The molecule has 1 fully saturated rings. The zero-order valence-electron chi connectivity index (χ0n) is 10.9. The summed E-state index contributed by atoms with van der Waals surface area (Å²) in [6.45, 7) is 1.49. The number of carbonyl (C=O) groups is 1. The fraction of sp³-hybridized carbons (Fsp3) is 0.333. The van der Waals surface area contributed by atoms with Gasteiger partial charge in [-0.2, -0.15) is 0 Å². The van der Waals surface area contributed by atoms with Crippen LogP contribution < -0.4 is 4.90 Å². The molecule has 2 aromatic rings. The van der Waals surface area contributed by atoms with Gasteiger partial charge in [0.25, 0.3) is 0 Å². The van der Waals surface area contributed by atoms with Crippen LogP contribution in [0.2, 0.25) is 0 Å². The molecule has 1 aliphatic heterocycles. The Morgan fingerprint density at radius 3 is 2.70 bits per heavy atom. The predicted molar refractivity (Wildman–Crippen MR) is 82.0 cm³/mol. The number of pyridine rings is 1. The number of benzene rings is 1. The second-order valence-electron chi connectivity index (χ2n) is 5.07. The third-order valence-corrected chi connectivity index (χ3v) is 4.57. The molecule has 0 radical (unpaired) electrons. The summed E-state index contributed by atoms with van der Waals surface area (Å²) in [4.78, 5) is 17.7. The Hall–Kier alpha value is -1.62. The molecule has 1 saturated heterocycles. The van der Waals surface area contributed by atoms with Crippen molar-refractivity contribution in [1.29, 1.82) is 0 Å². The molecule has 4 nitrogen and oxygen atoms in total. The summed E-state index contributed by atoms with van der Waals surface area (Å²) in [5, 5.41) is 11.3. The van der Waals surface area contributed by atoms with Crippen molar-refractivity contribution >= 4 is 38.5 Å². The zero-order valence-corrected chi connectivity index (χ0v) is 12.5. The highest BCUT2D eigenvalue weighted by atomic mass is 79.9. The van der Waals surface area contributed by atoms with E-state index < -0.39 is 5.97 Å². The van der Waals surface area contributed by atoms with Gasteiger partial charge in [0, 0.05) is 34.5 Å². The SMILES string of the molecule is O=C(O)C1CCN(c2nccc3c(Br)cccc23)CC1. The molecular weight excluding hydrogens is 320 g/mol. The van der Waals surface area contributed by atoms with Crippen LogP contribution in [0.5, 0.6) is 0 Å². The summed E-state index contributed by atoms with van der Waals surface area (Å²) < 4.78 is 1.05. The van der Waals surface area contributed by atoms with Crippen molar-refractivity contribution in [3.63, 3.8) is 0 Å². The molecule has 2 heterocycles. The van der Waals surface area contributed by atoms with Crippen molar-refractivity contribution in [2.75, 3.05) is 18.0 Å². The molecule has 0 bridgehead atoms. The van der Waals surface area contributed by atoms with Gasteiger partial charge >= 0.3 is 5.97 Å². The molecule has 1 aromatic carbocycles. The molecule has 0 saturated carbocycles. The first-order valence-electron chi connectivity index (χ1n) is 6.68. The van der Waals surface area contributed by atoms with Crippen LogP contribution in [-0.2, 0) is 4.79 Å². The lowest BCUT2D eigenvalue weighted by atomic mass is 9.97. The van der Waals surface area contributed by atoms with Gasteiger partial charge in [0.2, 0.25) is 0 Å². The maximum atomic E-state index is 11.0. The first-order valence-corrected chi connectivity index (χ1v) is 7.47. The minimum absolute atomic E-state index is 0.215. The first kappa shape index (κ1) is 13.4. The van der Waals surface area contributed by atoms with Crippen LogP contribution in [-0.4, -0.2) is 29.1 Å². The average Bonchev–Trinajstić information content (AvgIpc) is 2.47. The number of hydrogen-bond donors (Lipinski definition) is 1. The van der Waals surface area contributed by atoms with E-state index in [1.807, 2.05) is 24.4 Å². The van der Waals surface area contributed by atoms with E-state index in [9.17, 15) is 4.79 Å². The van der Waals surface area contributed by atoms with Crippen LogP contribution >= 0.6 is 15.9 Å². The maximum absolute atomic E-state index is 11.0. The third-order valence-electron chi connectivity index (χ3n) is 3.88. The normalized spacial score (nSPS) is 16.6. The van der Waals surface area contributed by atoms with Crippen LogP contribution in [0.3, 0.4) is 0 Å². The second kappa shape index (κ2) is 5.40. The quantitative estimate of drug-likeness (QED) is 0.915. The smallest absolute Gasteiger partial charge is 0.306 e. The van der Waals surface area contributed by atoms with E-state index in [0.717, 1.165) is 34.2 Å². The number of rotatable bonds is 2. The van der Waals surface area contributed by atoms with E-state index in [4.69, 9.17) is 5.11 Å². The number of hydrogen-bond acceptors (Lipinski definition) is 3. The van der Waals surface area contributed by atoms with Crippen molar-refractivity contribution in [2.45, 2.75) is 12.8 Å². The first-order chi connectivity index (χ1) is 9.66. The Kier molecular flexibility index (Phi) is 3.61. The third kappa shape index (κ3) is 2.38. The number of carboxylic acids is 1. The van der Waals surface area contributed by atoms with E-state index in [-0.39, 0.29) is 5.92 Å². The Balaban J connectivity index is 1.92. The average molecular weight is 335 g/mol. The molecule has 0 aliphatic carbocycles. The van der Waals surface area contributed by atoms with Gasteiger partial charge in [0.15, 0.2) is 0 Å². The molecule has 3 rings (SSSR count). The van der Waals surface area contributed by atoms with Gasteiger partial charge in [-0.15, -0.1) is 0 Å². The second-order valence-corrected chi connectivity index (χ2v) is 5.92. The number of fused-ring (bicyclic) bond motifs is 1. The number of halogens is 1. The molecule has 0 amide bonds. The summed E-state index contributed by atoms with van der Waals surface area (Å²) in [6.07, 6.45) is 3.18. The largest absolute Gasteiger partial charge is 0.481 e. The Morgan fingerprint density at radius 2 is 2.00 bits per heavy atom. The summed E-state index contributed by atoms with van der Waals surface area (Å²) in [5.74, 6) is 0.0545. The fourth-order valence-corrected chi connectivity index (χ4v) is 3.24. The molecule has 1 aliphatic rings. The van der Waals surface area contributed by atoms with Gasteiger partial charge in [-0.3, -0.25) is 4.79 Å². The van der Waals surface area contributed by atoms with Crippen LogP contribution in [0.15, 0.2) is 34.9 Å². The lowest BCUT2D eigenvalue weighted by molar-refractivity contribution is -0.142. The molecule has 0 atom stereocenters.